The van der Waals surface area contributed by atoms with Crippen molar-refractivity contribution >= 4 is 17.9 Å². The number of allylic oxidation sites excluding steroid dienone is 10. The Balaban J connectivity index is 4.34. The van der Waals surface area contributed by atoms with Gasteiger partial charge < -0.3 is 14.2 Å². The van der Waals surface area contributed by atoms with Crippen LogP contribution in [0.4, 0.5) is 0 Å². The van der Waals surface area contributed by atoms with Crippen molar-refractivity contribution in [3.8, 4) is 0 Å². The van der Waals surface area contributed by atoms with Gasteiger partial charge in [0, 0.05) is 19.3 Å². The fourth-order valence-electron chi connectivity index (χ4n) is 8.60. The second kappa shape index (κ2) is 57.7. The zero-order chi connectivity index (χ0) is 50.0. The second-order valence-corrected chi connectivity index (χ2v) is 19.9. The third-order valence-electron chi connectivity index (χ3n) is 13.0. The highest BCUT2D eigenvalue weighted by Gasteiger charge is 2.19. The maximum Gasteiger partial charge on any atom is 0.306 e. The van der Waals surface area contributed by atoms with Crippen molar-refractivity contribution in [1.29, 1.82) is 0 Å². The van der Waals surface area contributed by atoms with E-state index in [2.05, 4.69) is 81.5 Å². The summed E-state index contributed by atoms with van der Waals surface area (Å²) in [5.74, 6) is -0.937. The van der Waals surface area contributed by atoms with Crippen LogP contribution in [0.15, 0.2) is 60.8 Å². The molecule has 0 heterocycles. The van der Waals surface area contributed by atoms with Crippen LogP contribution in [0.1, 0.15) is 303 Å². The molecule has 0 spiro atoms. The molecule has 6 heteroatoms. The summed E-state index contributed by atoms with van der Waals surface area (Å²) in [6, 6.07) is 0. The lowest BCUT2D eigenvalue weighted by Crippen LogP contribution is -2.30. The van der Waals surface area contributed by atoms with E-state index in [9.17, 15) is 14.4 Å². The fraction of sp³-hybridized carbons (Fsp3) is 0.794. The third-order valence-corrected chi connectivity index (χ3v) is 13.0. The van der Waals surface area contributed by atoms with Crippen molar-refractivity contribution in [2.24, 2.45) is 0 Å². The van der Waals surface area contributed by atoms with E-state index in [1.165, 1.54) is 180 Å². The van der Waals surface area contributed by atoms with Crippen molar-refractivity contribution in [3.05, 3.63) is 60.8 Å². The number of ether oxygens (including phenoxy) is 3. The Morgan fingerprint density at radius 2 is 0.565 bits per heavy atom. The van der Waals surface area contributed by atoms with Crippen molar-refractivity contribution < 1.29 is 28.6 Å². The van der Waals surface area contributed by atoms with Gasteiger partial charge in [-0.15, -0.1) is 0 Å². The summed E-state index contributed by atoms with van der Waals surface area (Å²) in [4.78, 5) is 38.1. The molecule has 0 aromatic heterocycles. The molecule has 1 unspecified atom stereocenters. The standard InChI is InChI=1S/C63H112O6/c1-4-7-10-13-16-19-22-25-27-29-30-31-32-33-35-36-38-41-44-47-50-53-56-62(65)68-59-60(58-67-61(64)55-52-49-46-43-40-24-21-18-15-12-9-6-3)69-63(66)57-54-51-48-45-42-39-37-34-28-26-23-20-17-14-11-8-5-2/h8,11,17,20,26,28,37,39,45,48,60H,4-7,9-10,12-16,18-19,21-25,27,29-36,38,40-44,46-47,49-59H2,1-3H3/b11-8-,20-17-,28-26-,39-37-,48-45-. The number of hydrogen-bond acceptors (Lipinski definition) is 6. The summed E-state index contributed by atoms with van der Waals surface area (Å²) < 4.78 is 16.8. The summed E-state index contributed by atoms with van der Waals surface area (Å²) in [5.41, 5.74) is 0. The average Bonchev–Trinajstić information content (AvgIpc) is 3.35. The van der Waals surface area contributed by atoms with Crippen molar-refractivity contribution in [2.45, 2.75) is 309 Å². The third kappa shape index (κ3) is 55.9. The molecule has 400 valence electrons. The van der Waals surface area contributed by atoms with E-state index in [1.807, 2.05) is 0 Å². The lowest BCUT2D eigenvalue weighted by atomic mass is 10.0. The Bertz CT molecular complexity index is 1250. The second-order valence-electron chi connectivity index (χ2n) is 19.9. The van der Waals surface area contributed by atoms with E-state index in [0.717, 1.165) is 77.0 Å². The first kappa shape index (κ1) is 66.1. The van der Waals surface area contributed by atoms with Gasteiger partial charge in [0.15, 0.2) is 6.10 Å². The minimum absolute atomic E-state index is 0.0927. The molecule has 0 aliphatic rings. The van der Waals surface area contributed by atoms with Gasteiger partial charge in [0.25, 0.3) is 0 Å². The van der Waals surface area contributed by atoms with Crippen LogP contribution in [0.5, 0.6) is 0 Å². The zero-order valence-corrected chi connectivity index (χ0v) is 45.8. The largest absolute Gasteiger partial charge is 0.462 e. The molecular formula is C63H112O6. The molecule has 0 radical (unpaired) electrons. The molecule has 1 atom stereocenters. The summed E-state index contributed by atoms with van der Waals surface area (Å²) in [6.07, 6.45) is 72.3. The molecule has 0 bridgehead atoms. The first-order chi connectivity index (χ1) is 34.0. The van der Waals surface area contributed by atoms with Crippen molar-refractivity contribution in [3.63, 3.8) is 0 Å². The molecule has 0 aromatic rings. The Kier molecular flexibility index (Phi) is 55.3. The molecule has 0 N–H and O–H groups in total. The first-order valence-corrected chi connectivity index (χ1v) is 29.8. The van der Waals surface area contributed by atoms with Gasteiger partial charge in [-0.25, -0.2) is 0 Å². The van der Waals surface area contributed by atoms with Gasteiger partial charge in [0.1, 0.15) is 13.2 Å². The molecule has 0 rings (SSSR count). The maximum absolute atomic E-state index is 12.8. The molecule has 0 saturated heterocycles. The van der Waals surface area contributed by atoms with E-state index in [0.29, 0.717) is 19.3 Å². The highest BCUT2D eigenvalue weighted by Crippen LogP contribution is 2.17. The average molecular weight is 966 g/mol. The molecule has 0 fully saturated rings. The van der Waals surface area contributed by atoms with Gasteiger partial charge >= 0.3 is 17.9 Å². The Morgan fingerprint density at radius 1 is 0.304 bits per heavy atom. The number of esters is 3. The quantitative estimate of drug-likeness (QED) is 0.0262. The molecule has 0 saturated carbocycles. The lowest BCUT2D eigenvalue weighted by Gasteiger charge is -2.18. The normalized spacial score (nSPS) is 12.4. The van der Waals surface area contributed by atoms with Crippen LogP contribution in [-0.2, 0) is 28.6 Å². The number of unbranched alkanes of at least 4 members (excludes halogenated alkanes) is 33. The van der Waals surface area contributed by atoms with Gasteiger partial charge in [-0.2, -0.15) is 0 Å². The number of hydrogen-bond donors (Lipinski definition) is 0. The summed E-state index contributed by atoms with van der Waals surface area (Å²) in [7, 11) is 0. The molecule has 0 amide bonds. The van der Waals surface area contributed by atoms with E-state index in [4.69, 9.17) is 14.2 Å². The maximum atomic E-state index is 12.8. The number of carbonyl (C=O) groups excluding carboxylic acids is 3. The van der Waals surface area contributed by atoms with Crippen LogP contribution >= 0.6 is 0 Å². The van der Waals surface area contributed by atoms with E-state index in [1.54, 1.807) is 0 Å². The monoisotopic (exact) mass is 965 g/mol. The van der Waals surface area contributed by atoms with E-state index < -0.39 is 6.10 Å². The Hall–Kier alpha value is -2.89. The van der Waals surface area contributed by atoms with Crippen LogP contribution in [0.25, 0.3) is 0 Å². The van der Waals surface area contributed by atoms with Crippen LogP contribution in [0.3, 0.4) is 0 Å². The summed E-state index contributed by atoms with van der Waals surface area (Å²) in [5, 5.41) is 0. The Labute approximate surface area is 428 Å². The topological polar surface area (TPSA) is 78.9 Å². The van der Waals surface area contributed by atoms with Gasteiger partial charge in [0.05, 0.1) is 0 Å². The first-order valence-electron chi connectivity index (χ1n) is 29.8. The van der Waals surface area contributed by atoms with E-state index in [-0.39, 0.29) is 37.5 Å². The smallest absolute Gasteiger partial charge is 0.306 e. The summed E-state index contributed by atoms with van der Waals surface area (Å²) in [6.45, 7) is 6.51. The molecule has 6 nitrogen and oxygen atoms in total. The minimum Gasteiger partial charge on any atom is -0.462 e. The van der Waals surface area contributed by atoms with E-state index >= 15 is 0 Å². The van der Waals surface area contributed by atoms with Crippen molar-refractivity contribution in [2.75, 3.05) is 13.2 Å². The minimum atomic E-state index is -0.800. The van der Waals surface area contributed by atoms with Crippen LogP contribution in [0.2, 0.25) is 0 Å². The highest BCUT2D eigenvalue weighted by atomic mass is 16.6. The lowest BCUT2D eigenvalue weighted by molar-refractivity contribution is -0.167. The zero-order valence-electron chi connectivity index (χ0n) is 45.8. The molecule has 0 aliphatic carbocycles. The summed E-state index contributed by atoms with van der Waals surface area (Å²) >= 11 is 0. The van der Waals surface area contributed by atoms with Gasteiger partial charge in [0.2, 0.25) is 0 Å². The van der Waals surface area contributed by atoms with Crippen LogP contribution < -0.4 is 0 Å². The van der Waals surface area contributed by atoms with Crippen LogP contribution in [0, 0.1) is 0 Å². The van der Waals surface area contributed by atoms with Gasteiger partial charge in [-0.3, -0.25) is 14.4 Å². The molecule has 69 heavy (non-hydrogen) atoms. The number of rotatable bonds is 54. The highest BCUT2D eigenvalue weighted by molar-refractivity contribution is 5.71. The van der Waals surface area contributed by atoms with Gasteiger partial charge in [-0.1, -0.05) is 287 Å². The van der Waals surface area contributed by atoms with Gasteiger partial charge in [-0.05, 0) is 57.8 Å². The predicted molar refractivity (Wildman–Crippen MR) is 298 cm³/mol. The molecular weight excluding hydrogens is 853 g/mol. The van der Waals surface area contributed by atoms with Crippen LogP contribution in [-0.4, -0.2) is 37.2 Å². The number of carbonyl (C=O) groups is 3. The molecule has 0 aliphatic heterocycles. The predicted octanol–water partition coefficient (Wildman–Crippen LogP) is 20.0. The SMILES string of the molecule is CC/C=C\C/C=C\C/C=C\C/C=C\C/C=C\CCCC(=O)OC(COC(=O)CCCCCCCCCCCCCC)COC(=O)CCCCCCCCCCCCCCCCCCCCCCCC. The van der Waals surface area contributed by atoms with Crippen molar-refractivity contribution in [1.82, 2.24) is 0 Å². The molecule has 0 aromatic carbocycles. The Morgan fingerprint density at radius 3 is 0.870 bits per heavy atom. The fourth-order valence-corrected chi connectivity index (χ4v) is 8.60.